The molecule has 0 radical (unpaired) electrons. The van der Waals surface area contributed by atoms with E-state index in [0.717, 1.165) is 28.7 Å². The normalized spacial score (nSPS) is 10.8. The molecule has 140 valence electrons. The summed E-state index contributed by atoms with van der Waals surface area (Å²) in [5.74, 6) is -1.30. The van der Waals surface area contributed by atoms with Gasteiger partial charge in [-0.3, -0.25) is 4.79 Å². The van der Waals surface area contributed by atoms with Crippen molar-refractivity contribution < 1.29 is 14.3 Å². The van der Waals surface area contributed by atoms with Gasteiger partial charge in [0.2, 0.25) is 0 Å². The maximum absolute atomic E-state index is 13.9. The van der Waals surface area contributed by atoms with Crippen molar-refractivity contribution in [2.75, 3.05) is 0 Å². The molecular formula is C21H17FN4O2. The van der Waals surface area contributed by atoms with Gasteiger partial charge in [0.05, 0.1) is 23.4 Å². The minimum Gasteiger partial charge on any atom is -0.508 e. The van der Waals surface area contributed by atoms with Gasteiger partial charge in [0, 0.05) is 22.6 Å². The van der Waals surface area contributed by atoms with Crippen LogP contribution >= 0.6 is 0 Å². The first-order valence-corrected chi connectivity index (χ1v) is 8.42. The van der Waals surface area contributed by atoms with Crippen molar-refractivity contribution in [3.63, 3.8) is 0 Å². The minimum absolute atomic E-state index is 0.138. The number of rotatable bonds is 4. The molecule has 0 saturated heterocycles. The van der Waals surface area contributed by atoms with Crippen LogP contribution in [0.25, 0.3) is 5.69 Å². The Labute approximate surface area is 161 Å². The highest BCUT2D eigenvalue weighted by Crippen LogP contribution is 2.21. The third kappa shape index (κ3) is 3.76. The molecule has 1 aromatic heterocycles. The number of hydrogen-bond donors (Lipinski definition) is 2. The van der Waals surface area contributed by atoms with Crippen LogP contribution in [0.3, 0.4) is 0 Å². The molecule has 28 heavy (non-hydrogen) atoms. The zero-order chi connectivity index (χ0) is 20.3. The Hall–Kier alpha value is -3.92. The highest BCUT2D eigenvalue weighted by Gasteiger charge is 2.12. The van der Waals surface area contributed by atoms with Crippen LogP contribution in [0.1, 0.15) is 32.9 Å². The van der Waals surface area contributed by atoms with Crippen molar-refractivity contribution >= 4 is 12.1 Å². The molecule has 0 atom stereocenters. The molecule has 0 aliphatic carbocycles. The number of hydrazone groups is 1. The Balaban J connectivity index is 1.78. The molecule has 0 bridgehead atoms. The lowest BCUT2D eigenvalue weighted by Crippen LogP contribution is -2.19. The molecule has 0 fully saturated rings. The summed E-state index contributed by atoms with van der Waals surface area (Å²) in [5, 5.41) is 22.1. The summed E-state index contributed by atoms with van der Waals surface area (Å²) in [5.41, 5.74) is 5.76. The fourth-order valence-electron chi connectivity index (χ4n) is 2.91. The van der Waals surface area contributed by atoms with E-state index in [1.807, 2.05) is 30.6 Å². The number of amides is 1. The van der Waals surface area contributed by atoms with Gasteiger partial charge in [-0.2, -0.15) is 10.4 Å². The van der Waals surface area contributed by atoms with Crippen molar-refractivity contribution in [2.24, 2.45) is 5.10 Å². The molecule has 3 rings (SSSR count). The van der Waals surface area contributed by atoms with Gasteiger partial charge in [-0.15, -0.1) is 0 Å². The van der Waals surface area contributed by atoms with Gasteiger partial charge < -0.3 is 9.67 Å². The smallest absolute Gasteiger partial charge is 0.274 e. The zero-order valence-electron chi connectivity index (χ0n) is 15.3. The summed E-state index contributed by atoms with van der Waals surface area (Å²) < 4.78 is 15.9. The number of halogens is 1. The van der Waals surface area contributed by atoms with E-state index in [0.29, 0.717) is 0 Å². The fraction of sp³-hybridized carbons (Fsp3) is 0.0952. The molecule has 0 unspecified atom stereocenters. The lowest BCUT2D eigenvalue weighted by atomic mass is 10.1. The van der Waals surface area contributed by atoms with Crippen molar-refractivity contribution in [2.45, 2.75) is 13.8 Å². The van der Waals surface area contributed by atoms with E-state index in [-0.39, 0.29) is 16.9 Å². The van der Waals surface area contributed by atoms with Gasteiger partial charge in [-0.1, -0.05) is 0 Å². The third-order valence-corrected chi connectivity index (χ3v) is 4.29. The number of aryl methyl sites for hydroxylation is 1. The van der Waals surface area contributed by atoms with Gasteiger partial charge in [-0.05, 0) is 62.4 Å². The molecule has 0 aliphatic heterocycles. The standard InChI is InChI=1S/C21H17FN4O2/c1-13-9-16(14(2)26(13)17-4-6-18(27)7-5-17)12-24-25-21(28)19-8-3-15(11-23)10-20(19)22/h3-10,12,27H,1-2H3,(H,25,28)/b24-12+. The maximum atomic E-state index is 13.9. The molecule has 6 nitrogen and oxygen atoms in total. The number of carbonyl (C=O) groups is 1. The van der Waals surface area contributed by atoms with Crippen LogP contribution in [0.15, 0.2) is 53.6 Å². The van der Waals surface area contributed by atoms with Gasteiger partial charge >= 0.3 is 0 Å². The monoisotopic (exact) mass is 376 g/mol. The van der Waals surface area contributed by atoms with Crippen LogP contribution in [0.5, 0.6) is 5.75 Å². The second-order valence-electron chi connectivity index (χ2n) is 6.18. The Bertz CT molecular complexity index is 1110. The molecule has 0 spiro atoms. The van der Waals surface area contributed by atoms with Crippen LogP contribution in [0.2, 0.25) is 0 Å². The van der Waals surface area contributed by atoms with E-state index >= 15 is 0 Å². The summed E-state index contributed by atoms with van der Waals surface area (Å²) in [6, 6.07) is 14.1. The topological polar surface area (TPSA) is 90.4 Å². The molecule has 0 saturated carbocycles. The van der Waals surface area contributed by atoms with Gasteiger partial charge in [0.1, 0.15) is 11.6 Å². The van der Waals surface area contributed by atoms with E-state index in [9.17, 15) is 14.3 Å². The molecule has 1 amide bonds. The van der Waals surface area contributed by atoms with Gasteiger partial charge in [-0.25, -0.2) is 9.82 Å². The summed E-state index contributed by atoms with van der Waals surface area (Å²) in [6.45, 7) is 3.84. The van der Waals surface area contributed by atoms with E-state index in [2.05, 4.69) is 10.5 Å². The number of nitrogens with one attached hydrogen (secondary N) is 1. The highest BCUT2D eigenvalue weighted by molar-refractivity contribution is 5.95. The summed E-state index contributed by atoms with van der Waals surface area (Å²) >= 11 is 0. The Kier molecular flexibility index (Phi) is 5.23. The van der Waals surface area contributed by atoms with E-state index in [1.165, 1.54) is 18.3 Å². The predicted octanol–water partition coefficient (Wildman–Crippen LogP) is 3.57. The molecular weight excluding hydrogens is 359 g/mol. The van der Waals surface area contributed by atoms with Crippen molar-refractivity contribution in [1.29, 1.82) is 5.26 Å². The van der Waals surface area contributed by atoms with Crippen LogP contribution in [-0.4, -0.2) is 21.8 Å². The quantitative estimate of drug-likeness (QED) is 0.539. The van der Waals surface area contributed by atoms with Crippen molar-refractivity contribution in [3.05, 3.63) is 82.4 Å². The summed E-state index contributed by atoms with van der Waals surface area (Å²) in [7, 11) is 0. The second-order valence-corrected chi connectivity index (χ2v) is 6.18. The summed E-state index contributed by atoms with van der Waals surface area (Å²) in [4.78, 5) is 12.1. The lowest BCUT2D eigenvalue weighted by Gasteiger charge is -2.09. The number of aromatic hydroxyl groups is 1. The van der Waals surface area contributed by atoms with Gasteiger partial charge in [0.25, 0.3) is 5.91 Å². The number of benzene rings is 2. The first kappa shape index (κ1) is 18.9. The first-order valence-electron chi connectivity index (χ1n) is 8.42. The van der Waals surface area contributed by atoms with Crippen molar-refractivity contribution in [3.8, 4) is 17.5 Å². The van der Waals surface area contributed by atoms with Gasteiger partial charge in [0.15, 0.2) is 0 Å². The number of phenolic OH excluding ortho intramolecular Hbond substituents is 1. The number of carbonyl (C=O) groups excluding carboxylic acids is 1. The number of nitriles is 1. The molecule has 3 aromatic rings. The maximum Gasteiger partial charge on any atom is 0.274 e. The zero-order valence-corrected chi connectivity index (χ0v) is 15.3. The SMILES string of the molecule is Cc1cc(/C=N/NC(=O)c2ccc(C#N)cc2F)c(C)n1-c1ccc(O)cc1. The second kappa shape index (κ2) is 7.76. The van der Waals surface area contributed by atoms with E-state index < -0.39 is 11.7 Å². The minimum atomic E-state index is -0.780. The average molecular weight is 376 g/mol. The largest absolute Gasteiger partial charge is 0.508 e. The van der Waals surface area contributed by atoms with E-state index in [1.54, 1.807) is 24.3 Å². The van der Waals surface area contributed by atoms with Crippen LogP contribution in [-0.2, 0) is 0 Å². The number of hydrogen-bond acceptors (Lipinski definition) is 4. The summed E-state index contributed by atoms with van der Waals surface area (Å²) in [6.07, 6.45) is 1.48. The van der Waals surface area contributed by atoms with E-state index in [4.69, 9.17) is 5.26 Å². The number of aromatic nitrogens is 1. The Morgan fingerprint density at radius 2 is 1.93 bits per heavy atom. The molecule has 1 heterocycles. The average Bonchev–Trinajstić information content (AvgIpc) is 2.96. The Morgan fingerprint density at radius 1 is 1.21 bits per heavy atom. The van der Waals surface area contributed by atoms with Crippen molar-refractivity contribution in [1.82, 2.24) is 9.99 Å². The van der Waals surface area contributed by atoms with Crippen LogP contribution in [0.4, 0.5) is 4.39 Å². The lowest BCUT2D eigenvalue weighted by molar-refractivity contribution is 0.0951. The van der Waals surface area contributed by atoms with Crippen LogP contribution < -0.4 is 5.43 Å². The number of phenols is 1. The molecule has 0 aliphatic rings. The molecule has 2 N–H and O–H groups in total. The highest BCUT2D eigenvalue weighted by atomic mass is 19.1. The fourth-order valence-corrected chi connectivity index (χ4v) is 2.91. The predicted molar refractivity (Wildman–Crippen MR) is 103 cm³/mol. The third-order valence-electron chi connectivity index (χ3n) is 4.29. The molecule has 2 aromatic carbocycles. The number of nitrogens with zero attached hydrogens (tertiary/aromatic N) is 3. The molecule has 7 heteroatoms. The van der Waals surface area contributed by atoms with Crippen LogP contribution in [0, 0.1) is 31.0 Å². The first-order chi connectivity index (χ1) is 13.4. The Morgan fingerprint density at radius 3 is 2.57 bits per heavy atom.